The molecule has 0 aliphatic rings. The van der Waals surface area contributed by atoms with Gasteiger partial charge in [0.05, 0.1) is 0 Å². The number of esters is 1. The molecule has 29 nitrogen and oxygen atoms in total. The van der Waals surface area contributed by atoms with Gasteiger partial charge in [0.1, 0.15) is 0 Å². The van der Waals surface area contributed by atoms with Crippen LogP contribution < -0.4 is 5.32 Å². The molecule has 1 aromatic rings. The number of carbonyl (C=O) groups excluding carboxylic acids is 3. The number of rotatable bonds is 8. The van der Waals surface area contributed by atoms with E-state index in [2.05, 4.69) is 19.7 Å². The first-order chi connectivity index (χ1) is 25.0. The van der Waals surface area contributed by atoms with Crippen molar-refractivity contribution in [3.63, 3.8) is 0 Å². The number of carboxylic acid groups (broad SMARTS) is 10. The van der Waals surface area contributed by atoms with E-state index >= 15 is 0 Å². The van der Waals surface area contributed by atoms with E-state index < -0.39 is 71.3 Å². The van der Waals surface area contributed by atoms with Crippen molar-refractivity contribution < 1.29 is 133 Å². The lowest BCUT2D eigenvalue weighted by Crippen LogP contribution is -2.45. The number of Topliss-reactive ketones (excluding diaryl/α,β-unsaturated/α-hetero) is 1. The Bertz CT molecular complexity index is 1380. The van der Waals surface area contributed by atoms with Crippen molar-refractivity contribution in [1.82, 2.24) is 5.32 Å². The maximum absolute atomic E-state index is 11.1. The van der Waals surface area contributed by atoms with Crippen LogP contribution in [0.3, 0.4) is 0 Å². The van der Waals surface area contributed by atoms with Crippen LogP contribution in [-0.2, 0) is 78.5 Å². The van der Waals surface area contributed by atoms with E-state index in [0.29, 0.717) is 6.54 Å². The zero-order valence-electron chi connectivity index (χ0n) is 27.8. The summed E-state index contributed by atoms with van der Waals surface area (Å²) >= 11 is 0. The van der Waals surface area contributed by atoms with Crippen molar-refractivity contribution in [3.8, 4) is 0 Å². The van der Waals surface area contributed by atoms with Crippen LogP contribution in [0.15, 0.2) is 30.3 Å². The highest BCUT2D eigenvalue weighted by Gasteiger charge is 2.44. The van der Waals surface area contributed by atoms with E-state index in [9.17, 15) is 24.0 Å². The normalized spacial score (nSPS) is 8.44. The van der Waals surface area contributed by atoms with Gasteiger partial charge in [0.25, 0.3) is 11.5 Å². The molecule has 0 bridgehead atoms. The van der Waals surface area contributed by atoms with Crippen LogP contribution in [0.25, 0.3) is 5.53 Å². The number of ether oxygens (including phenoxy) is 1. The molecule has 55 heavy (non-hydrogen) atoms. The predicted molar refractivity (Wildman–Crippen MR) is 164 cm³/mol. The average molecular weight is 802 g/mol. The molecule has 0 unspecified atom stereocenters. The number of nitrogens with zero attached hydrogens (tertiary/aromatic N) is 2. The van der Waals surface area contributed by atoms with Gasteiger partial charge in [-0.15, -0.1) is 0 Å². The smallest absolute Gasteiger partial charge is 0.414 e. The molecule has 0 aromatic heterocycles. The Morgan fingerprint density at radius 1 is 0.636 bits per heavy atom. The Morgan fingerprint density at radius 3 is 1.11 bits per heavy atom. The first-order valence-electron chi connectivity index (χ1n) is 12.7. The quantitative estimate of drug-likeness (QED) is 0.0180. The highest BCUT2D eigenvalue weighted by Crippen LogP contribution is 2.08. The summed E-state index contributed by atoms with van der Waals surface area (Å²) in [7, 11) is 0. The fourth-order valence-corrected chi connectivity index (χ4v) is 1.27. The minimum absolute atomic E-state index is 0.220. The summed E-state index contributed by atoms with van der Waals surface area (Å²) in [6.45, 7) is 3.52. The number of amides is 1. The molecular formula is C26H31N3O26. The lowest BCUT2D eigenvalue weighted by atomic mass is 10.1. The molecule has 0 spiro atoms. The molecular weight excluding hydrogens is 770 g/mol. The Balaban J connectivity index is -0.000000133. The van der Waals surface area contributed by atoms with Crippen molar-refractivity contribution in [2.45, 2.75) is 32.9 Å². The molecule has 0 saturated heterocycles. The topological polar surface area (TPSA) is 511 Å². The van der Waals surface area contributed by atoms with Gasteiger partial charge in [-0.2, -0.15) is 4.79 Å². The number of hydrogen-bond donors (Lipinski definition) is 12. The summed E-state index contributed by atoms with van der Waals surface area (Å²) in [6.07, 6.45) is 0.833. The zero-order valence-corrected chi connectivity index (χ0v) is 27.8. The van der Waals surface area contributed by atoms with E-state index in [1.54, 1.807) is 0 Å². The van der Waals surface area contributed by atoms with Gasteiger partial charge in [-0.3, -0.25) is 19.6 Å². The second-order valence-corrected chi connectivity index (χ2v) is 8.07. The molecule has 0 aliphatic carbocycles. The van der Waals surface area contributed by atoms with Crippen LogP contribution in [0.2, 0.25) is 0 Å². The molecule has 0 aliphatic heterocycles. The molecule has 306 valence electrons. The van der Waals surface area contributed by atoms with Gasteiger partial charge in [-0.05, 0) is 12.5 Å². The van der Waals surface area contributed by atoms with Crippen LogP contribution in [0.5, 0.6) is 0 Å². The third kappa shape index (κ3) is 45.8. The number of hydrogen-bond acceptors (Lipinski definition) is 16. The van der Waals surface area contributed by atoms with Crippen LogP contribution >= 0.6 is 0 Å². The fourth-order valence-electron chi connectivity index (χ4n) is 1.27. The first kappa shape index (κ1) is 59.0. The highest BCUT2D eigenvalue weighted by atomic mass is 17.1. The number of benzene rings is 1. The van der Waals surface area contributed by atoms with Crippen molar-refractivity contribution in [3.05, 3.63) is 41.4 Å². The van der Waals surface area contributed by atoms with Gasteiger partial charge in [0.15, 0.2) is 6.61 Å². The summed E-state index contributed by atoms with van der Waals surface area (Å²) in [4.78, 5) is 130. The molecule has 12 N–H and O–H groups in total. The Hall–Kier alpha value is -8.17. The first-order valence-corrected chi connectivity index (χ1v) is 12.7. The van der Waals surface area contributed by atoms with E-state index in [0.717, 1.165) is 18.7 Å². The van der Waals surface area contributed by atoms with Gasteiger partial charge in [0.2, 0.25) is 5.78 Å². The lowest BCUT2D eigenvalue weighted by molar-refractivity contribution is -0.306. The van der Waals surface area contributed by atoms with Crippen LogP contribution in [0.4, 0.5) is 0 Å². The van der Waals surface area contributed by atoms with Gasteiger partial charge in [-0.25, -0.2) is 52.8 Å². The van der Waals surface area contributed by atoms with Gasteiger partial charge < -0.3 is 66.7 Å². The maximum Gasteiger partial charge on any atom is 0.414 e. The van der Waals surface area contributed by atoms with Crippen molar-refractivity contribution in [1.29, 1.82) is 0 Å². The number of carboxylic acids is 10. The summed E-state index contributed by atoms with van der Waals surface area (Å²) in [5, 5.41) is 85.9. The van der Waals surface area contributed by atoms with Crippen molar-refractivity contribution in [2.75, 3.05) is 6.61 Å². The standard InChI is InChI=1S/C11H13NO3.C4H6O6.C3H4N2O.4C2H2O4/c1-9(13)15-8-11(14)12-7-10-5-3-2-4-6-10;1-4(10-9,2(5)6)3(7)8;1-3(6)2-5-4;4*3-1(4)2(5)6/h2-6H,7-8H2,1H3,(H,12,14);9H,1H3,(H,5,6)(H,7,8);2H,1H3;4*(H,3,4)(H,5,6). The monoisotopic (exact) mass is 801 g/mol. The Kier molecular flexibility index (Phi) is 36.8. The van der Waals surface area contributed by atoms with Gasteiger partial charge in [-0.1, -0.05) is 30.3 Å². The van der Waals surface area contributed by atoms with Gasteiger partial charge >= 0.3 is 71.9 Å². The summed E-state index contributed by atoms with van der Waals surface area (Å²) in [5.74, 6) is -19.1. The molecule has 0 atom stereocenters. The minimum atomic E-state index is -2.57. The molecule has 1 aromatic carbocycles. The Labute approximate surface area is 303 Å². The van der Waals surface area contributed by atoms with Crippen molar-refractivity contribution >= 4 is 83.6 Å². The minimum Gasteiger partial charge on any atom is -0.479 e. The number of ketones is 1. The number of nitrogens with one attached hydrogen (secondary N) is 1. The second kappa shape index (κ2) is 34.3. The van der Waals surface area contributed by atoms with Crippen molar-refractivity contribution in [2.24, 2.45) is 0 Å². The SMILES string of the molecule is CC(=O)C=[N+]=[N-].CC(=O)OCC(=O)NCc1ccccc1.CC(OO)(C(=O)O)C(=O)O.O=C(O)C(=O)O.O=C(O)C(=O)O.O=C(O)C(=O)O.O=C(O)C(=O)O. The van der Waals surface area contributed by atoms with E-state index in [1.165, 1.54) is 13.8 Å². The summed E-state index contributed by atoms with van der Waals surface area (Å²) in [5.41, 5.74) is 6.02. The van der Waals surface area contributed by atoms with Crippen LogP contribution in [0, 0.1) is 0 Å². The zero-order chi connectivity index (χ0) is 45.1. The third-order valence-corrected chi connectivity index (χ3v) is 3.71. The average Bonchev–Trinajstić information content (AvgIpc) is 3.07. The predicted octanol–water partition coefficient (Wildman–Crippen LogP) is -3.23. The fraction of sp³-hybridized carbons (Fsp3) is 0.231. The second-order valence-electron chi connectivity index (χ2n) is 8.07. The molecule has 0 radical (unpaired) electrons. The van der Waals surface area contributed by atoms with Crippen LogP contribution in [0.1, 0.15) is 26.3 Å². The number of aliphatic carboxylic acids is 10. The molecule has 0 fully saturated rings. The molecule has 1 rings (SSSR count). The van der Waals surface area contributed by atoms with Gasteiger partial charge in [0, 0.05) is 20.4 Å². The summed E-state index contributed by atoms with van der Waals surface area (Å²) < 4.78 is 4.54. The lowest BCUT2D eigenvalue weighted by Gasteiger charge is -2.13. The molecule has 1 amide bonds. The third-order valence-electron chi connectivity index (χ3n) is 3.71. The summed E-state index contributed by atoms with van der Waals surface area (Å²) in [6, 6.07) is 9.52. The van der Waals surface area contributed by atoms with E-state index in [1.807, 2.05) is 30.3 Å². The molecule has 0 heterocycles. The van der Waals surface area contributed by atoms with Crippen LogP contribution in [-0.4, -0.2) is 157 Å². The largest absolute Gasteiger partial charge is 0.479 e. The number of carbonyl (C=O) groups is 13. The maximum atomic E-state index is 11.1. The molecule has 29 heteroatoms. The highest BCUT2D eigenvalue weighted by molar-refractivity contribution is 6.28. The molecule has 0 saturated carbocycles. The van der Waals surface area contributed by atoms with E-state index in [-0.39, 0.29) is 18.3 Å². The Morgan fingerprint density at radius 2 is 0.945 bits per heavy atom. The van der Waals surface area contributed by atoms with E-state index in [4.69, 9.17) is 100 Å².